The summed E-state index contributed by atoms with van der Waals surface area (Å²) >= 11 is 0. The predicted octanol–water partition coefficient (Wildman–Crippen LogP) is 3.60. The van der Waals surface area contributed by atoms with Gasteiger partial charge in [-0.1, -0.05) is 6.07 Å². The lowest BCUT2D eigenvalue weighted by molar-refractivity contribution is 0.262. The molecule has 0 aromatic heterocycles. The van der Waals surface area contributed by atoms with Crippen molar-refractivity contribution >= 4 is 17.4 Å². The third kappa shape index (κ3) is 4.25. The van der Waals surface area contributed by atoms with E-state index in [-0.39, 0.29) is 6.03 Å². The van der Waals surface area contributed by atoms with Gasteiger partial charge in [0.05, 0.1) is 18.2 Å². The minimum atomic E-state index is -0.353. The van der Waals surface area contributed by atoms with E-state index in [1.165, 1.54) is 0 Å². The fraction of sp³-hybridized carbons (Fsp3) is 0.125. The quantitative estimate of drug-likeness (QED) is 0.899. The van der Waals surface area contributed by atoms with Gasteiger partial charge in [-0.15, -0.1) is 0 Å². The lowest BCUT2D eigenvalue weighted by atomic mass is 10.2. The van der Waals surface area contributed by atoms with E-state index in [2.05, 4.69) is 10.6 Å². The van der Waals surface area contributed by atoms with E-state index in [4.69, 9.17) is 10.00 Å². The van der Waals surface area contributed by atoms with Crippen LogP contribution in [0.4, 0.5) is 16.2 Å². The summed E-state index contributed by atoms with van der Waals surface area (Å²) in [6.45, 7) is 2.47. The molecule has 2 amide bonds. The van der Waals surface area contributed by atoms with Crippen LogP contribution in [0.15, 0.2) is 48.5 Å². The van der Waals surface area contributed by atoms with Crippen LogP contribution >= 0.6 is 0 Å². The summed E-state index contributed by atoms with van der Waals surface area (Å²) in [6.07, 6.45) is 0. The van der Waals surface area contributed by atoms with Crippen molar-refractivity contribution in [2.24, 2.45) is 0 Å². The van der Waals surface area contributed by atoms with Gasteiger partial charge in [0.25, 0.3) is 0 Å². The number of hydrogen-bond acceptors (Lipinski definition) is 3. The van der Waals surface area contributed by atoms with E-state index in [1.54, 1.807) is 36.4 Å². The van der Waals surface area contributed by atoms with Crippen LogP contribution in [0, 0.1) is 11.3 Å². The highest BCUT2D eigenvalue weighted by Crippen LogP contribution is 2.17. The van der Waals surface area contributed by atoms with Gasteiger partial charge >= 0.3 is 6.03 Å². The summed E-state index contributed by atoms with van der Waals surface area (Å²) in [4.78, 5) is 11.9. The molecule has 2 aromatic rings. The van der Waals surface area contributed by atoms with Gasteiger partial charge in [-0.25, -0.2) is 4.79 Å². The van der Waals surface area contributed by atoms with E-state index in [0.29, 0.717) is 29.3 Å². The third-order valence-electron chi connectivity index (χ3n) is 2.67. The second-order valence-electron chi connectivity index (χ2n) is 4.23. The topological polar surface area (TPSA) is 74.2 Å². The second kappa shape index (κ2) is 6.96. The van der Waals surface area contributed by atoms with Crippen LogP contribution in [0.25, 0.3) is 0 Å². The number of nitriles is 1. The molecule has 0 atom stereocenters. The molecule has 0 aliphatic heterocycles. The molecule has 0 spiro atoms. The van der Waals surface area contributed by atoms with Gasteiger partial charge in [-0.3, -0.25) is 0 Å². The van der Waals surface area contributed by atoms with Crippen LogP contribution in [0.5, 0.6) is 5.75 Å². The first-order valence-corrected chi connectivity index (χ1v) is 6.52. The van der Waals surface area contributed by atoms with Crippen molar-refractivity contribution in [3.8, 4) is 11.8 Å². The molecule has 5 nitrogen and oxygen atoms in total. The number of nitrogens with zero attached hydrogens (tertiary/aromatic N) is 1. The molecule has 0 saturated heterocycles. The summed E-state index contributed by atoms with van der Waals surface area (Å²) in [7, 11) is 0. The number of benzene rings is 2. The fourth-order valence-electron chi connectivity index (χ4n) is 1.75. The van der Waals surface area contributed by atoms with Gasteiger partial charge in [0.2, 0.25) is 0 Å². The Hall–Kier alpha value is -3.00. The van der Waals surface area contributed by atoms with E-state index >= 15 is 0 Å². The smallest absolute Gasteiger partial charge is 0.323 e. The fourth-order valence-corrected chi connectivity index (χ4v) is 1.75. The standard InChI is InChI=1S/C16H15N3O2/c1-2-21-15-5-3-4-14(10-15)19-16(20)18-13-8-6-12(11-17)7-9-13/h3-10H,2H2,1H3,(H2,18,19,20). The number of urea groups is 1. The highest BCUT2D eigenvalue weighted by atomic mass is 16.5. The monoisotopic (exact) mass is 281 g/mol. The Kier molecular flexibility index (Phi) is 4.78. The molecule has 2 rings (SSSR count). The maximum atomic E-state index is 11.9. The lowest BCUT2D eigenvalue weighted by Crippen LogP contribution is -2.19. The van der Waals surface area contributed by atoms with Crippen LogP contribution < -0.4 is 15.4 Å². The molecule has 0 fully saturated rings. The number of amides is 2. The van der Waals surface area contributed by atoms with Crippen LogP contribution in [-0.2, 0) is 0 Å². The number of nitrogens with one attached hydrogen (secondary N) is 2. The summed E-state index contributed by atoms with van der Waals surface area (Å²) < 4.78 is 5.37. The molecule has 0 bridgehead atoms. The zero-order valence-electron chi connectivity index (χ0n) is 11.6. The van der Waals surface area contributed by atoms with Crippen molar-refractivity contribution in [3.63, 3.8) is 0 Å². The molecule has 106 valence electrons. The molecule has 0 radical (unpaired) electrons. The van der Waals surface area contributed by atoms with Crippen molar-refractivity contribution in [2.45, 2.75) is 6.92 Å². The normalized spacial score (nSPS) is 9.52. The highest BCUT2D eigenvalue weighted by Gasteiger charge is 2.03. The van der Waals surface area contributed by atoms with Gasteiger partial charge in [-0.2, -0.15) is 5.26 Å². The summed E-state index contributed by atoms with van der Waals surface area (Å²) in [6, 6.07) is 15.5. The molecular weight excluding hydrogens is 266 g/mol. The number of hydrogen-bond donors (Lipinski definition) is 2. The Morgan fingerprint density at radius 3 is 2.52 bits per heavy atom. The minimum absolute atomic E-state index is 0.353. The number of carbonyl (C=O) groups excluding carboxylic acids is 1. The van der Waals surface area contributed by atoms with Crippen LogP contribution in [0.2, 0.25) is 0 Å². The van der Waals surface area contributed by atoms with Crippen LogP contribution in [0.1, 0.15) is 12.5 Å². The van der Waals surface area contributed by atoms with Crippen molar-refractivity contribution in [2.75, 3.05) is 17.2 Å². The number of carbonyl (C=O) groups is 1. The second-order valence-corrected chi connectivity index (χ2v) is 4.23. The Morgan fingerprint density at radius 2 is 1.86 bits per heavy atom. The molecule has 0 aliphatic rings. The number of rotatable bonds is 4. The van der Waals surface area contributed by atoms with Crippen molar-refractivity contribution in [3.05, 3.63) is 54.1 Å². The van der Waals surface area contributed by atoms with Crippen molar-refractivity contribution in [1.82, 2.24) is 0 Å². The van der Waals surface area contributed by atoms with E-state index in [1.807, 2.05) is 25.1 Å². The zero-order chi connectivity index (χ0) is 15.1. The SMILES string of the molecule is CCOc1cccc(NC(=O)Nc2ccc(C#N)cc2)c1. The van der Waals surface area contributed by atoms with Gasteiger partial charge < -0.3 is 15.4 Å². The molecule has 21 heavy (non-hydrogen) atoms. The Labute approximate surface area is 123 Å². The Morgan fingerprint density at radius 1 is 1.14 bits per heavy atom. The van der Waals surface area contributed by atoms with Crippen molar-refractivity contribution < 1.29 is 9.53 Å². The van der Waals surface area contributed by atoms with E-state index in [0.717, 1.165) is 0 Å². The predicted molar refractivity (Wildman–Crippen MR) is 81.4 cm³/mol. The Balaban J connectivity index is 1.97. The molecule has 0 saturated carbocycles. The zero-order valence-corrected chi connectivity index (χ0v) is 11.6. The molecule has 0 unspecified atom stereocenters. The molecule has 0 heterocycles. The van der Waals surface area contributed by atoms with E-state index in [9.17, 15) is 4.79 Å². The minimum Gasteiger partial charge on any atom is -0.494 e. The third-order valence-corrected chi connectivity index (χ3v) is 2.67. The maximum absolute atomic E-state index is 11.9. The van der Waals surface area contributed by atoms with E-state index < -0.39 is 0 Å². The van der Waals surface area contributed by atoms with Gasteiger partial charge in [0.1, 0.15) is 5.75 Å². The molecular formula is C16H15N3O2. The van der Waals surface area contributed by atoms with Crippen LogP contribution in [-0.4, -0.2) is 12.6 Å². The van der Waals surface area contributed by atoms with Crippen LogP contribution in [0.3, 0.4) is 0 Å². The Bertz CT molecular complexity index is 660. The van der Waals surface area contributed by atoms with Gasteiger partial charge in [0, 0.05) is 17.4 Å². The molecule has 2 aromatic carbocycles. The highest BCUT2D eigenvalue weighted by molar-refractivity contribution is 5.99. The van der Waals surface area contributed by atoms with Crippen molar-refractivity contribution in [1.29, 1.82) is 5.26 Å². The first-order valence-electron chi connectivity index (χ1n) is 6.52. The lowest BCUT2D eigenvalue weighted by Gasteiger charge is -2.09. The first kappa shape index (κ1) is 14.4. The average Bonchev–Trinajstić information content (AvgIpc) is 2.48. The number of ether oxygens (including phenoxy) is 1. The largest absolute Gasteiger partial charge is 0.494 e. The molecule has 2 N–H and O–H groups in total. The summed E-state index contributed by atoms with van der Waals surface area (Å²) in [5, 5.41) is 14.1. The molecule has 0 aliphatic carbocycles. The summed E-state index contributed by atoms with van der Waals surface area (Å²) in [5.41, 5.74) is 1.81. The van der Waals surface area contributed by atoms with Gasteiger partial charge in [-0.05, 0) is 43.3 Å². The molecule has 5 heteroatoms. The maximum Gasteiger partial charge on any atom is 0.323 e. The first-order chi connectivity index (χ1) is 10.2. The van der Waals surface area contributed by atoms with Gasteiger partial charge in [0.15, 0.2) is 0 Å². The number of anilines is 2. The average molecular weight is 281 g/mol. The summed E-state index contributed by atoms with van der Waals surface area (Å²) in [5.74, 6) is 0.702.